The summed E-state index contributed by atoms with van der Waals surface area (Å²) in [5, 5.41) is 0. The Balaban J connectivity index is 1.83. The van der Waals surface area contributed by atoms with Gasteiger partial charge >= 0.3 is 0 Å². The van der Waals surface area contributed by atoms with Crippen LogP contribution in [0.25, 0.3) is 11.0 Å². The lowest BCUT2D eigenvalue weighted by Crippen LogP contribution is -2.31. The highest BCUT2D eigenvalue weighted by Crippen LogP contribution is 2.21. The summed E-state index contributed by atoms with van der Waals surface area (Å²) in [5.74, 6) is 0.926. The molecule has 1 aromatic carbocycles. The van der Waals surface area contributed by atoms with Crippen molar-refractivity contribution in [2.24, 2.45) is 0 Å². The monoisotopic (exact) mass is 259 g/mol. The Labute approximate surface area is 114 Å². The van der Waals surface area contributed by atoms with Gasteiger partial charge < -0.3 is 9.30 Å². The molecule has 2 heterocycles. The van der Waals surface area contributed by atoms with Crippen LogP contribution in [0.3, 0.4) is 0 Å². The van der Waals surface area contributed by atoms with E-state index in [0.717, 1.165) is 23.5 Å². The van der Waals surface area contributed by atoms with Gasteiger partial charge in [-0.15, -0.1) is 0 Å². The van der Waals surface area contributed by atoms with Gasteiger partial charge in [0.1, 0.15) is 5.75 Å². The van der Waals surface area contributed by atoms with Crippen molar-refractivity contribution in [3.63, 3.8) is 0 Å². The number of likely N-dealkylation sites (tertiary alicyclic amines) is 1. The van der Waals surface area contributed by atoms with Crippen LogP contribution in [0, 0.1) is 0 Å². The fourth-order valence-corrected chi connectivity index (χ4v) is 2.72. The Morgan fingerprint density at radius 1 is 1.21 bits per heavy atom. The first-order valence-corrected chi connectivity index (χ1v) is 7.17. The van der Waals surface area contributed by atoms with E-state index in [1.54, 1.807) is 0 Å². The molecule has 0 bridgehead atoms. The van der Waals surface area contributed by atoms with E-state index >= 15 is 0 Å². The molecule has 0 N–H and O–H groups in total. The van der Waals surface area contributed by atoms with Crippen molar-refractivity contribution in [1.29, 1.82) is 0 Å². The first-order valence-electron chi connectivity index (χ1n) is 7.17. The molecule has 4 heteroatoms. The van der Waals surface area contributed by atoms with Crippen molar-refractivity contribution in [3.8, 4) is 5.75 Å². The highest BCUT2D eigenvalue weighted by atomic mass is 16.5. The van der Waals surface area contributed by atoms with E-state index in [-0.39, 0.29) is 0 Å². The quantitative estimate of drug-likeness (QED) is 0.845. The number of benzene rings is 1. The van der Waals surface area contributed by atoms with Gasteiger partial charge in [0.25, 0.3) is 0 Å². The van der Waals surface area contributed by atoms with E-state index in [1.807, 2.05) is 25.4 Å². The average molecular weight is 259 g/mol. The summed E-state index contributed by atoms with van der Waals surface area (Å²) < 4.78 is 7.80. The fourth-order valence-electron chi connectivity index (χ4n) is 2.72. The minimum atomic E-state index is 0.700. The Bertz CT molecular complexity index is 543. The zero-order valence-corrected chi connectivity index (χ0v) is 11.5. The molecule has 0 saturated carbocycles. The number of rotatable bonds is 4. The van der Waals surface area contributed by atoms with Gasteiger partial charge in [0, 0.05) is 6.07 Å². The van der Waals surface area contributed by atoms with Crippen LogP contribution in [0.1, 0.15) is 26.2 Å². The van der Waals surface area contributed by atoms with Crippen molar-refractivity contribution >= 4 is 11.0 Å². The molecule has 0 atom stereocenters. The van der Waals surface area contributed by atoms with Crippen LogP contribution in [0.5, 0.6) is 5.75 Å². The predicted octanol–water partition coefficient (Wildman–Crippen LogP) is 2.88. The first kappa shape index (κ1) is 12.5. The molecule has 1 saturated heterocycles. The summed E-state index contributed by atoms with van der Waals surface area (Å²) in [7, 11) is 0. The third-order valence-corrected chi connectivity index (χ3v) is 3.70. The highest BCUT2D eigenvalue weighted by molar-refractivity contribution is 5.77. The number of ether oxygens (including phenoxy) is 1. The Kier molecular flexibility index (Phi) is 3.69. The summed E-state index contributed by atoms with van der Waals surface area (Å²) >= 11 is 0. The number of imidazole rings is 1. The molecule has 0 amide bonds. The number of nitrogens with zero attached hydrogens (tertiary/aromatic N) is 3. The lowest BCUT2D eigenvalue weighted by atomic mass is 10.1. The van der Waals surface area contributed by atoms with E-state index in [9.17, 15) is 0 Å². The van der Waals surface area contributed by atoms with Crippen LogP contribution in [-0.4, -0.2) is 34.1 Å². The average Bonchev–Trinajstić information content (AvgIpc) is 2.83. The van der Waals surface area contributed by atoms with Crippen molar-refractivity contribution in [1.82, 2.24) is 14.5 Å². The van der Waals surface area contributed by atoms with Gasteiger partial charge in [0.05, 0.1) is 30.6 Å². The molecule has 3 rings (SSSR count). The molecule has 0 spiro atoms. The SMILES string of the molecule is CCOc1ccc2ncn(CN3CCCCC3)c2c1. The van der Waals surface area contributed by atoms with Crippen LogP contribution in [0.15, 0.2) is 24.5 Å². The van der Waals surface area contributed by atoms with Crippen LogP contribution in [0.4, 0.5) is 0 Å². The first-order chi connectivity index (χ1) is 9.36. The van der Waals surface area contributed by atoms with Crippen LogP contribution < -0.4 is 4.74 Å². The molecule has 1 aliphatic heterocycles. The maximum atomic E-state index is 5.57. The smallest absolute Gasteiger partial charge is 0.121 e. The van der Waals surface area contributed by atoms with Crippen molar-refractivity contribution in [3.05, 3.63) is 24.5 Å². The van der Waals surface area contributed by atoms with Gasteiger partial charge in [-0.25, -0.2) is 4.98 Å². The molecular weight excluding hydrogens is 238 g/mol. The second kappa shape index (κ2) is 5.61. The standard InChI is InChI=1S/C15H21N3O/c1-2-19-13-6-7-14-15(10-13)18(11-16-14)12-17-8-4-3-5-9-17/h6-7,10-11H,2-5,8-9,12H2,1H3. The Morgan fingerprint density at radius 3 is 2.84 bits per heavy atom. The molecular formula is C15H21N3O. The van der Waals surface area contributed by atoms with Crippen LogP contribution in [0.2, 0.25) is 0 Å². The normalized spacial score (nSPS) is 16.9. The Morgan fingerprint density at radius 2 is 2.05 bits per heavy atom. The van der Waals surface area contributed by atoms with Gasteiger partial charge in [-0.1, -0.05) is 6.42 Å². The van der Waals surface area contributed by atoms with E-state index in [4.69, 9.17) is 4.74 Å². The molecule has 0 aliphatic carbocycles. The third-order valence-electron chi connectivity index (χ3n) is 3.70. The second-order valence-electron chi connectivity index (χ2n) is 5.12. The summed E-state index contributed by atoms with van der Waals surface area (Å²) in [5.41, 5.74) is 2.21. The maximum Gasteiger partial charge on any atom is 0.121 e. The Hall–Kier alpha value is -1.55. The maximum absolute atomic E-state index is 5.57. The van der Waals surface area contributed by atoms with E-state index in [0.29, 0.717) is 6.61 Å². The van der Waals surface area contributed by atoms with Gasteiger partial charge in [0.15, 0.2) is 0 Å². The lowest BCUT2D eigenvalue weighted by Gasteiger charge is -2.26. The summed E-state index contributed by atoms with van der Waals surface area (Å²) in [6, 6.07) is 6.12. The number of hydrogen-bond donors (Lipinski definition) is 0. The highest BCUT2D eigenvalue weighted by Gasteiger charge is 2.12. The van der Waals surface area contributed by atoms with E-state index in [1.165, 1.54) is 32.4 Å². The minimum Gasteiger partial charge on any atom is -0.494 e. The number of aromatic nitrogens is 2. The molecule has 0 unspecified atom stereocenters. The summed E-state index contributed by atoms with van der Waals surface area (Å²) in [6.07, 6.45) is 5.94. The van der Waals surface area contributed by atoms with E-state index in [2.05, 4.69) is 20.5 Å². The lowest BCUT2D eigenvalue weighted by molar-refractivity contribution is 0.184. The fraction of sp³-hybridized carbons (Fsp3) is 0.533. The largest absolute Gasteiger partial charge is 0.494 e. The number of hydrogen-bond acceptors (Lipinski definition) is 3. The van der Waals surface area contributed by atoms with Gasteiger partial charge in [-0.3, -0.25) is 4.90 Å². The van der Waals surface area contributed by atoms with Crippen molar-refractivity contribution in [2.75, 3.05) is 19.7 Å². The molecule has 2 aromatic rings. The third kappa shape index (κ3) is 2.73. The van der Waals surface area contributed by atoms with Crippen LogP contribution in [-0.2, 0) is 6.67 Å². The molecule has 102 valence electrons. The van der Waals surface area contributed by atoms with Gasteiger partial charge in [-0.05, 0) is 45.0 Å². The van der Waals surface area contributed by atoms with Crippen LogP contribution >= 0.6 is 0 Å². The van der Waals surface area contributed by atoms with Gasteiger partial charge in [0.2, 0.25) is 0 Å². The number of fused-ring (bicyclic) bond motifs is 1. The molecule has 1 aromatic heterocycles. The second-order valence-corrected chi connectivity index (χ2v) is 5.12. The zero-order chi connectivity index (χ0) is 13.1. The molecule has 1 aliphatic rings. The minimum absolute atomic E-state index is 0.700. The summed E-state index contributed by atoms with van der Waals surface area (Å²) in [4.78, 5) is 6.96. The molecule has 0 radical (unpaired) electrons. The zero-order valence-electron chi connectivity index (χ0n) is 11.5. The summed E-state index contributed by atoms with van der Waals surface area (Å²) in [6.45, 7) is 6.04. The predicted molar refractivity (Wildman–Crippen MR) is 76.3 cm³/mol. The van der Waals surface area contributed by atoms with Crippen molar-refractivity contribution < 1.29 is 4.74 Å². The number of piperidine rings is 1. The van der Waals surface area contributed by atoms with E-state index < -0.39 is 0 Å². The topological polar surface area (TPSA) is 30.3 Å². The van der Waals surface area contributed by atoms with Gasteiger partial charge in [-0.2, -0.15) is 0 Å². The molecule has 1 fully saturated rings. The van der Waals surface area contributed by atoms with Crippen molar-refractivity contribution in [2.45, 2.75) is 32.9 Å². The molecule has 4 nitrogen and oxygen atoms in total. The molecule has 19 heavy (non-hydrogen) atoms.